The van der Waals surface area contributed by atoms with Crippen LogP contribution in [-0.4, -0.2) is 22.7 Å². The molecule has 90 valence electrons. The van der Waals surface area contributed by atoms with Crippen LogP contribution in [0.4, 0.5) is 0 Å². The van der Waals surface area contributed by atoms with Gasteiger partial charge in [0, 0.05) is 31.1 Å². The number of Topliss-reactive ketones (excluding diaryl/α,β-unsaturated/α-hetero) is 1. The maximum atomic E-state index is 11.8. The molecule has 0 spiro atoms. The number of amides is 1. The fourth-order valence-corrected chi connectivity index (χ4v) is 1.90. The average Bonchev–Trinajstić information content (AvgIpc) is 2.33. The third kappa shape index (κ3) is 3.03. The first-order valence-corrected chi connectivity index (χ1v) is 5.66. The van der Waals surface area contributed by atoms with E-state index in [1.54, 1.807) is 0 Å². The van der Waals surface area contributed by atoms with Crippen molar-refractivity contribution in [2.24, 2.45) is 0 Å². The molecule has 2 N–H and O–H groups in total. The maximum absolute atomic E-state index is 11.8. The Labute approximate surface area is 98.2 Å². The first-order chi connectivity index (χ1) is 8.15. The molecule has 1 fully saturated rings. The third-order valence-electron chi connectivity index (χ3n) is 2.92. The largest absolute Gasteiger partial charge is 0.349 e. The van der Waals surface area contributed by atoms with Gasteiger partial charge in [-0.25, -0.2) is 0 Å². The average molecular weight is 234 g/mol. The Bertz CT molecular complexity index is 462. The highest BCUT2D eigenvalue weighted by Crippen LogP contribution is 2.15. The molecule has 1 aliphatic carbocycles. The lowest BCUT2D eigenvalue weighted by Crippen LogP contribution is -2.37. The van der Waals surface area contributed by atoms with Gasteiger partial charge < -0.3 is 10.3 Å². The van der Waals surface area contributed by atoms with Crippen LogP contribution in [0.3, 0.4) is 0 Å². The van der Waals surface area contributed by atoms with Crippen molar-refractivity contribution in [1.82, 2.24) is 10.3 Å². The van der Waals surface area contributed by atoms with E-state index in [0.29, 0.717) is 31.2 Å². The van der Waals surface area contributed by atoms with E-state index in [9.17, 15) is 14.4 Å². The van der Waals surface area contributed by atoms with Crippen molar-refractivity contribution >= 4 is 11.7 Å². The van der Waals surface area contributed by atoms with Crippen LogP contribution >= 0.6 is 0 Å². The standard InChI is InChI=1S/C12H14N2O3/c15-10-4-2-9(3-5-10)14-12(17)8-1-6-11(16)13-7-8/h1,6-7,9H,2-5H2,(H,13,16)(H,14,17). The fraction of sp³-hybridized carbons (Fsp3) is 0.417. The maximum Gasteiger partial charge on any atom is 0.252 e. The number of hydrogen-bond acceptors (Lipinski definition) is 3. The number of nitrogens with one attached hydrogen (secondary N) is 2. The molecule has 1 aromatic rings. The summed E-state index contributed by atoms with van der Waals surface area (Å²) in [6, 6.07) is 2.87. The Kier molecular flexibility index (Phi) is 3.37. The van der Waals surface area contributed by atoms with Crippen LogP contribution < -0.4 is 10.9 Å². The van der Waals surface area contributed by atoms with Gasteiger partial charge in [-0.15, -0.1) is 0 Å². The molecule has 1 aliphatic rings. The van der Waals surface area contributed by atoms with Gasteiger partial charge >= 0.3 is 0 Å². The molecule has 1 heterocycles. The molecule has 0 atom stereocenters. The number of pyridine rings is 1. The van der Waals surface area contributed by atoms with E-state index in [1.165, 1.54) is 18.3 Å². The van der Waals surface area contributed by atoms with Crippen LogP contribution in [0.2, 0.25) is 0 Å². The minimum atomic E-state index is -0.232. The van der Waals surface area contributed by atoms with Gasteiger partial charge in [-0.05, 0) is 18.9 Å². The van der Waals surface area contributed by atoms with Crippen LogP contribution in [0, 0.1) is 0 Å². The molecule has 0 aromatic carbocycles. The quantitative estimate of drug-likeness (QED) is 0.787. The lowest BCUT2D eigenvalue weighted by Gasteiger charge is -2.22. The first-order valence-electron chi connectivity index (χ1n) is 5.66. The number of ketones is 1. The molecule has 0 aliphatic heterocycles. The predicted octanol–water partition coefficient (Wildman–Crippen LogP) is 0.616. The number of rotatable bonds is 2. The first kappa shape index (κ1) is 11.6. The Morgan fingerprint density at radius 2 is 1.94 bits per heavy atom. The van der Waals surface area contributed by atoms with E-state index in [2.05, 4.69) is 10.3 Å². The molecule has 5 heteroatoms. The van der Waals surface area contributed by atoms with Crippen molar-refractivity contribution in [3.63, 3.8) is 0 Å². The molecule has 5 nitrogen and oxygen atoms in total. The number of carbonyl (C=O) groups is 2. The van der Waals surface area contributed by atoms with Crippen LogP contribution in [0.25, 0.3) is 0 Å². The number of aromatic amines is 1. The van der Waals surface area contributed by atoms with Gasteiger partial charge in [0.2, 0.25) is 5.56 Å². The second kappa shape index (κ2) is 4.95. The van der Waals surface area contributed by atoms with E-state index in [1.807, 2.05) is 0 Å². The van der Waals surface area contributed by atoms with Crippen LogP contribution in [0.15, 0.2) is 23.1 Å². The highest BCUT2D eigenvalue weighted by atomic mass is 16.2. The second-order valence-electron chi connectivity index (χ2n) is 4.23. The summed E-state index contributed by atoms with van der Waals surface area (Å²) in [7, 11) is 0. The third-order valence-corrected chi connectivity index (χ3v) is 2.92. The van der Waals surface area contributed by atoms with E-state index < -0.39 is 0 Å². The zero-order valence-corrected chi connectivity index (χ0v) is 9.36. The molecule has 1 aromatic heterocycles. The molecule has 2 rings (SSSR count). The van der Waals surface area contributed by atoms with Crippen molar-refractivity contribution < 1.29 is 9.59 Å². The van der Waals surface area contributed by atoms with Crippen LogP contribution in [0.5, 0.6) is 0 Å². The number of aromatic nitrogens is 1. The van der Waals surface area contributed by atoms with E-state index >= 15 is 0 Å². The SMILES string of the molecule is O=C1CCC(NC(=O)c2ccc(=O)[nH]c2)CC1. The van der Waals surface area contributed by atoms with Crippen molar-refractivity contribution in [3.05, 3.63) is 34.2 Å². The zero-order valence-electron chi connectivity index (χ0n) is 9.36. The highest BCUT2D eigenvalue weighted by Gasteiger charge is 2.20. The van der Waals surface area contributed by atoms with Crippen molar-refractivity contribution in [1.29, 1.82) is 0 Å². The lowest BCUT2D eigenvalue weighted by atomic mass is 9.94. The second-order valence-corrected chi connectivity index (χ2v) is 4.23. The Morgan fingerprint density at radius 1 is 1.24 bits per heavy atom. The van der Waals surface area contributed by atoms with E-state index in [0.717, 1.165) is 0 Å². The van der Waals surface area contributed by atoms with Crippen molar-refractivity contribution in [3.8, 4) is 0 Å². The molecule has 1 amide bonds. The topological polar surface area (TPSA) is 79.0 Å². The predicted molar refractivity (Wildman–Crippen MR) is 61.8 cm³/mol. The van der Waals surface area contributed by atoms with Gasteiger partial charge in [0.1, 0.15) is 5.78 Å². The van der Waals surface area contributed by atoms with Crippen molar-refractivity contribution in [2.75, 3.05) is 0 Å². The normalized spacial score (nSPS) is 16.8. The molecule has 0 saturated heterocycles. The van der Waals surface area contributed by atoms with Gasteiger partial charge in [0.15, 0.2) is 0 Å². The number of hydrogen-bond donors (Lipinski definition) is 2. The number of carbonyl (C=O) groups excluding carboxylic acids is 2. The number of H-pyrrole nitrogens is 1. The minimum absolute atomic E-state index is 0.0622. The van der Waals surface area contributed by atoms with Gasteiger partial charge in [0.25, 0.3) is 5.91 Å². The van der Waals surface area contributed by atoms with Gasteiger partial charge in [0.05, 0.1) is 5.56 Å². The Balaban J connectivity index is 1.95. The van der Waals surface area contributed by atoms with E-state index in [-0.39, 0.29) is 23.3 Å². The molecular weight excluding hydrogens is 220 g/mol. The molecular formula is C12H14N2O3. The summed E-state index contributed by atoms with van der Waals surface area (Å²) in [5, 5.41) is 2.86. The smallest absolute Gasteiger partial charge is 0.252 e. The lowest BCUT2D eigenvalue weighted by molar-refractivity contribution is -0.120. The summed E-state index contributed by atoms with van der Waals surface area (Å²) in [4.78, 5) is 36.1. The zero-order chi connectivity index (χ0) is 12.3. The van der Waals surface area contributed by atoms with Gasteiger partial charge in [-0.3, -0.25) is 14.4 Å². The molecule has 0 bridgehead atoms. The monoisotopic (exact) mass is 234 g/mol. The van der Waals surface area contributed by atoms with Crippen LogP contribution in [-0.2, 0) is 4.79 Å². The molecule has 0 unspecified atom stereocenters. The Morgan fingerprint density at radius 3 is 2.53 bits per heavy atom. The Hall–Kier alpha value is -1.91. The minimum Gasteiger partial charge on any atom is -0.349 e. The molecule has 1 saturated carbocycles. The van der Waals surface area contributed by atoms with Gasteiger partial charge in [-0.2, -0.15) is 0 Å². The summed E-state index contributed by atoms with van der Waals surface area (Å²) in [6.07, 6.45) is 3.88. The summed E-state index contributed by atoms with van der Waals surface area (Å²) in [6.45, 7) is 0. The summed E-state index contributed by atoms with van der Waals surface area (Å²) in [5.41, 5.74) is 0.200. The molecule has 17 heavy (non-hydrogen) atoms. The van der Waals surface area contributed by atoms with Crippen LogP contribution in [0.1, 0.15) is 36.0 Å². The van der Waals surface area contributed by atoms with Crippen molar-refractivity contribution in [2.45, 2.75) is 31.7 Å². The summed E-state index contributed by atoms with van der Waals surface area (Å²) in [5.74, 6) is 0.0557. The summed E-state index contributed by atoms with van der Waals surface area (Å²) >= 11 is 0. The molecule has 0 radical (unpaired) electrons. The van der Waals surface area contributed by atoms with E-state index in [4.69, 9.17) is 0 Å². The van der Waals surface area contributed by atoms with Gasteiger partial charge in [-0.1, -0.05) is 0 Å². The summed E-state index contributed by atoms with van der Waals surface area (Å²) < 4.78 is 0. The highest BCUT2D eigenvalue weighted by molar-refractivity contribution is 5.94. The fourth-order valence-electron chi connectivity index (χ4n) is 1.90.